The maximum Gasteiger partial charge on any atom is 0.345 e. The second-order valence-corrected chi connectivity index (χ2v) is 5.94. The first kappa shape index (κ1) is 14.6. The van der Waals surface area contributed by atoms with Crippen molar-refractivity contribution in [2.45, 2.75) is 19.8 Å². The van der Waals surface area contributed by atoms with Crippen LogP contribution in [0.2, 0.25) is 0 Å². The Hall–Kier alpha value is -3.02. The molecule has 2 heterocycles. The van der Waals surface area contributed by atoms with Crippen molar-refractivity contribution in [3.8, 4) is 5.75 Å². The number of rotatable bonds is 2. The van der Waals surface area contributed by atoms with Gasteiger partial charge in [-0.3, -0.25) is 9.48 Å². The average Bonchev–Trinajstić information content (AvgIpc) is 3.07. The summed E-state index contributed by atoms with van der Waals surface area (Å²) < 4.78 is 7.12. The van der Waals surface area contributed by atoms with E-state index in [1.165, 1.54) is 6.20 Å². The molecule has 6 nitrogen and oxygen atoms in total. The van der Waals surface area contributed by atoms with E-state index in [2.05, 4.69) is 10.1 Å². The van der Waals surface area contributed by atoms with Gasteiger partial charge in [-0.1, -0.05) is 0 Å². The van der Waals surface area contributed by atoms with Crippen LogP contribution in [0.5, 0.6) is 5.75 Å². The predicted molar refractivity (Wildman–Crippen MR) is 87.3 cm³/mol. The van der Waals surface area contributed by atoms with Crippen molar-refractivity contribution in [3.63, 3.8) is 0 Å². The van der Waals surface area contributed by atoms with Gasteiger partial charge in [0.25, 0.3) is 0 Å². The van der Waals surface area contributed by atoms with Gasteiger partial charge in [0.2, 0.25) is 0 Å². The Bertz CT molecular complexity index is 1000. The van der Waals surface area contributed by atoms with Crippen molar-refractivity contribution in [3.05, 3.63) is 52.8 Å². The summed E-state index contributed by atoms with van der Waals surface area (Å²) in [6.07, 6.45) is 2.71. The highest BCUT2D eigenvalue weighted by atomic mass is 16.5. The first-order valence-corrected chi connectivity index (χ1v) is 7.70. The Kier molecular flexibility index (Phi) is 3.19. The number of Topliss-reactive ketones (excluding diaryl/α,β-unsaturated/α-hetero) is 1. The lowest BCUT2D eigenvalue weighted by atomic mass is 10.1. The second-order valence-electron chi connectivity index (χ2n) is 5.94. The molecule has 0 N–H and O–H groups in total. The van der Waals surface area contributed by atoms with E-state index >= 15 is 0 Å². The van der Waals surface area contributed by atoms with Crippen LogP contribution < -0.4 is 4.74 Å². The number of carbonyl (C=O) groups is 2. The third-order valence-corrected chi connectivity index (χ3v) is 4.31. The first-order valence-electron chi connectivity index (χ1n) is 7.70. The van der Waals surface area contributed by atoms with E-state index in [9.17, 15) is 9.59 Å². The molecule has 0 saturated heterocycles. The summed E-state index contributed by atoms with van der Waals surface area (Å²) in [5.74, 6) is 0.109. The van der Waals surface area contributed by atoms with Gasteiger partial charge < -0.3 is 4.74 Å². The summed E-state index contributed by atoms with van der Waals surface area (Å²) >= 11 is 0. The number of aromatic nitrogens is 3. The molecule has 2 aromatic heterocycles. The van der Waals surface area contributed by atoms with Crippen LogP contribution >= 0.6 is 0 Å². The molecule has 24 heavy (non-hydrogen) atoms. The summed E-state index contributed by atoms with van der Waals surface area (Å²) in [5, 5.41) is 5.12. The van der Waals surface area contributed by atoms with Gasteiger partial charge in [-0.15, -0.1) is 0 Å². The van der Waals surface area contributed by atoms with Crippen LogP contribution in [0.3, 0.4) is 0 Å². The van der Waals surface area contributed by atoms with E-state index in [-0.39, 0.29) is 5.78 Å². The van der Waals surface area contributed by atoms with Crippen LogP contribution in [0.4, 0.5) is 0 Å². The van der Waals surface area contributed by atoms with Crippen molar-refractivity contribution in [1.82, 2.24) is 14.8 Å². The number of benzene rings is 1. The van der Waals surface area contributed by atoms with Gasteiger partial charge in [-0.05, 0) is 43.2 Å². The summed E-state index contributed by atoms with van der Waals surface area (Å²) in [6.45, 7) is 1.87. The fourth-order valence-electron chi connectivity index (χ4n) is 3.08. The van der Waals surface area contributed by atoms with Gasteiger partial charge in [0.1, 0.15) is 5.75 Å². The molecule has 120 valence electrons. The normalized spacial score (nSPS) is 13.3. The zero-order chi connectivity index (χ0) is 16.8. The minimum Gasteiger partial charge on any atom is -0.423 e. The predicted octanol–water partition coefficient (Wildman–Crippen LogP) is 2.62. The Balaban J connectivity index is 1.62. The standard InChI is InChI=1S/C18H15N3O3/c1-10-15-8-12(9-19-17(15)21(2)20-10)18(23)24-13-4-5-14-11(7-13)3-6-16(14)22/h4-5,7-9H,3,6H2,1-2H3. The van der Waals surface area contributed by atoms with Crippen molar-refractivity contribution < 1.29 is 14.3 Å². The molecule has 0 spiro atoms. The lowest BCUT2D eigenvalue weighted by Crippen LogP contribution is -2.09. The number of pyridine rings is 1. The maximum atomic E-state index is 12.4. The van der Waals surface area contributed by atoms with Gasteiger partial charge in [0, 0.05) is 30.6 Å². The molecule has 0 amide bonds. The lowest BCUT2D eigenvalue weighted by molar-refractivity contribution is 0.0734. The smallest absolute Gasteiger partial charge is 0.345 e. The van der Waals surface area contributed by atoms with E-state index in [1.807, 2.05) is 14.0 Å². The van der Waals surface area contributed by atoms with Crippen LogP contribution in [0.25, 0.3) is 11.0 Å². The molecule has 0 atom stereocenters. The van der Waals surface area contributed by atoms with Crippen LogP contribution in [0.1, 0.15) is 38.4 Å². The monoisotopic (exact) mass is 321 g/mol. The molecular formula is C18H15N3O3. The average molecular weight is 321 g/mol. The highest BCUT2D eigenvalue weighted by molar-refractivity contribution is 6.00. The minimum absolute atomic E-state index is 0.143. The number of hydrogen-bond donors (Lipinski definition) is 0. The molecule has 0 aliphatic heterocycles. The van der Waals surface area contributed by atoms with Crippen LogP contribution in [-0.4, -0.2) is 26.5 Å². The number of ketones is 1. The zero-order valence-corrected chi connectivity index (χ0v) is 13.4. The molecule has 0 saturated carbocycles. The fourth-order valence-corrected chi connectivity index (χ4v) is 3.08. The number of esters is 1. The fraction of sp³-hybridized carbons (Fsp3) is 0.222. The summed E-state index contributed by atoms with van der Waals surface area (Å²) in [4.78, 5) is 28.3. The van der Waals surface area contributed by atoms with Gasteiger partial charge in [0.15, 0.2) is 11.4 Å². The number of carbonyl (C=O) groups excluding carboxylic acids is 2. The molecule has 6 heteroatoms. The maximum absolute atomic E-state index is 12.4. The molecule has 4 rings (SSSR count). The Morgan fingerprint density at radius 2 is 2.08 bits per heavy atom. The quantitative estimate of drug-likeness (QED) is 0.536. The first-order chi connectivity index (χ1) is 11.5. The molecule has 0 fully saturated rings. The van der Waals surface area contributed by atoms with E-state index in [0.717, 1.165) is 27.9 Å². The highest BCUT2D eigenvalue weighted by Crippen LogP contribution is 2.26. The Morgan fingerprint density at radius 3 is 2.92 bits per heavy atom. The summed E-state index contributed by atoms with van der Waals surface area (Å²) in [7, 11) is 1.81. The van der Waals surface area contributed by atoms with Gasteiger partial charge >= 0.3 is 5.97 Å². The van der Waals surface area contributed by atoms with Crippen LogP contribution in [0.15, 0.2) is 30.5 Å². The van der Waals surface area contributed by atoms with Crippen molar-refractivity contribution >= 4 is 22.8 Å². The number of nitrogens with zero attached hydrogens (tertiary/aromatic N) is 3. The summed E-state index contributed by atoms with van der Waals surface area (Å²) in [5.41, 5.74) is 3.56. The number of ether oxygens (including phenoxy) is 1. The van der Waals surface area contributed by atoms with Gasteiger partial charge in [0.05, 0.1) is 11.3 Å². The topological polar surface area (TPSA) is 74.1 Å². The molecule has 0 radical (unpaired) electrons. The molecule has 0 unspecified atom stereocenters. The molecular weight excluding hydrogens is 306 g/mol. The highest BCUT2D eigenvalue weighted by Gasteiger charge is 2.20. The number of hydrogen-bond acceptors (Lipinski definition) is 5. The van der Waals surface area contributed by atoms with Crippen molar-refractivity contribution in [2.75, 3.05) is 0 Å². The molecule has 0 bridgehead atoms. The summed E-state index contributed by atoms with van der Waals surface area (Å²) in [6, 6.07) is 6.88. The van der Waals surface area contributed by atoms with Gasteiger partial charge in [-0.2, -0.15) is 5.10 Å². The zero-order valence-electron chi connectivity index (χ0n) is 13.4. The SMILES string of the molecule is Cc1nn(C)c2ncc(C(=O)Oc3ccc4c(c3)CCC4=O)cc12. The largest absolute Gasteiger partial charge is 0.423 e. The van der Waals surface area contributed by atoms with E-state index in [0.29, 0.717) is 24.2 Å². The molecule has 1 aromatic carbocycles. The Morgan fingerprint density at radius 1 is 1.25 bits per heavy atom. The Labute approximate surface area is 138 Å². The van der Waals surface area contributed by atoms with E-state index in [1.54, 1.807) is 28.9 Å². The number of aryl methyl sites for hydroxylation is 3. The van der Waals surface area contributed by atoms with E-state index < -0.39 is 5.97 Å². The third-order valence-electron chi connectivity index (χ3n) is 4.31. The van der Waals surface area contributed by atoms with Gasteiger partial charge in [-0.25, -0.2) is 9.78 Å². The lowest BCUT2D eigenvalue weighted by Gasteiger charge is -2.06. The molecule has 1 aliphatic rings. The van der Waals surface area contributed by atoms with Crippen molar-refractivity contribution in [2.24, 2.45) is 7.05 Å². The molecule has 3 aromatic rings. The van der Waals surface area contributed by atoms with E-state index in [4.69, 9.17) is 4.74 Å². The second kappa shape index (κ2) is 5.26. The molecule has 1 aliphatic carbocycles. The minimum atomic E-state index is -0.475. The third kappa shape index (κ3) is 2.27. The van der Waals surface area contributed by atoms with Crippen molar-refractivity contribution in [1.29, 1.82) is 0 Å². The van der Waals surface area contributed by atoms with Crippen LogP contribution in [-0.2, 0) is 13.5 Å². The van der Waals surface area contributed by atoms with Crippen LogP contribution in [0, 0.1) is 6.92 Å². The number of fused-ring (bicyclic) bond motifs is 2.